The van der Waals surface area contributed by atoms with Crippen LogP contribution in [0.2, 0.25) is 0 Å². The van der Waals surface area contributed by atoms with Gasteiger partial charge in [-0.15, -0.1) is 0 Å². The summed E-state index contributed by atoms with van der Waals surface area (Å²) < 4.78 is 5.92. The molecule has 0 saturated heterocycles. The molecule has 28 heavy (non-hydrogen) atoms. The third kappa shape index (κ3) is 3.16. The predicted molar refractivity (Wildman–Crippen MR) is 116 cm³/mol. The monoisotopic (exact) mass is 381 g/mol. The Morgan fingerprint density at radius 2 is 1.96 bits per heavy atom. The van der Waals surface area contributed by atoms with Crippen LogP contribution in [-0.2, 0) is 0 Å². The molecule has 0 saturated carbocycles. The number of allylic oxidation sites excluding steroid dienone is 2. The van der Waals surface area contributed by atoms with Gasteiger partial charge in [-0.1, -0.05) is 0 Å². The van der Waals surface area contributed by atoms with E-state index in [0.29, 0.717) is 5.89 Å². The molecule has 3 aromatic heterocycles. The van der Waals surface area contributed by atoms with Gasteiger partial charge < -0.3 is 0 Å². The zero-order valence-electron chi connectivity index (χ0n) is 15.2. The molecule has 0 radical (unpaired) electrons. The Kier molecular flexibility index (Phi) is 4.33. The minimum absolute atomic E-state index is 0.606. The molecule has 0 fully saturated rings. The van der Waals surface area contributed by atoms with Crippen LogP contribution in [0.3, 0.4) is 0 Å². The molecule has 0 bridgehead atoms. The molecule has 0 spiro atoms. The summed E-state index contributed by atoms with van der Waals surface area (Å²) in [6, 6.07) is 18.2. The second-order valence-corrected chi connectivity index (χ2v) is 7.49. The third-order valence-corrected chi connectivity index (χ3v) is 5.67. The van der Waals surface area contributed by atoms with Crippen molar-refractivity contribution in [3.8, 4) is 0 Å². The van der Waals surface area contributed by atoms with E-state index in [2.05, 4.69) is 52.3 Å². The molecular weight excluding hydrogens is 365 g/mol. The molecule has 0 atom stereocenters. The van der Waals surface area contributed by atoms with E-state index in [1.54, 1.807) is 11.8 Å². The molecule has 4 aromatic rings. The number of aromatic nitrogens is 2. The van der Waals surface area contributed by atoms with Gasteiger partial charge in [0.2, 0.25) is 0 Å². The summed E-state index contributed by atoms with van der Waals surface area (Å²) in [7, 11) is 2.08. The molecule has 4 nitrogen and oxygen atoms in total. The molecule has 4 heterocycles. The number of benzene rings is 1. The van der Waals surface area contributed by atoms with Crippen molar-refractivity contribution in [1.82, 2.24) is 9.97 Å². The number of anilines is 1. The fraction of sp³-hybridized carbons (Fsp3) is 0.0455. The first-order valence-electron chi connectivity index (χ1n) is 8.99. The van der Waals surface area contributed by atoms with Crippen LogP contribution >= 0.6 is 11.8 Å². The van der Waals surface area contributed by atoms with Crippen molar-refractivity contribution in [2.45, 2.75) is 5.03 Å². The summed E-state index contributed by atoms with van der Waals surface area (Å²) >= 11 is 1.64. The predicted octanol–water partition coefficient (Wildman–Crippen LogP) is 5.19. The van der Waals surface area contributed by atoms with Gasteiger partial charge in [0.05, 0.1) is 0 Å². The number of rotatable bonds is 3. The number of para-hydroxylation sites is 1. The summed E-state index contributed by atoms with van der Waals surface area (Å²) in [6.45, 7) is 1.96. The van der Waals surface area contributed by atoms with Gasteiger partial charge in [0.1, 0.15) is 0 Å². The number of hydrogen-bond acceptors (Lipinski definition) is 5. The summed E-state index contributed by atoms with van der Waals surface area (Å²) in [5.41, 5.74) is 5.02. The Bertz CT molecular complexity index is 1180. The van der Waals surface area contributed by atoms with Crippen molar-refractivity contribution < 1.29 is 4.42 Å². The fourth-order valence-electron chi connectivity index (χ4n) is 3.25. The average molecular weight is 381 g/mol. The van der Waals surface area contributed by atoms with Crippen molar-refractivity contribution in [2.75, 3.05) is 11.9 Å². The molecule has 0 aliphatic carbocycles. The molecule has 5 rings (SSSR count). The quantitative estimate of drug-likeness (QED) is 0.489. The van der Waals surface area contributed by atoms with Gasteiger partial charge in [0, 0.05) is 0 Å². The van der Waals surface area contributed by atoms with Crippen LogP contribution < -0.4 is 4.90 Å². The molecular formula is C22H16BN3OS. The molecule has 1 aliphatic rings. The number of oxazole rings is 1. The van der Waals surface area contributed by atoms with E-state index in [0.717, 1.165) is 37.9 Å². The van der Waals surface area contributed by atoms with E-state index in [-0.39, 0.29) is 0 Å². The van der Waals surface area contributed by atoms with Crippen molar-refractivity contribution >= 4 is 47.0 Å². The number of pyridine rings is 1. The van der Waals surface area contributed by atoms with Gasteiger partial charge in [-0.3, -0.25) is 0 Å². The number of fused-ring (bicyclic) bond motifs is 2. The van der Waals surface area contributed by atoms with Crippen molar-refractivity contribution in [1.29, 1.82) is 0 Å². The van der Waals surface area contributed by atoms with E-state index in [4.69, 9.17) is 4.42 Å². The summed E-state index contributed by atoms with van der Waals surface area (Å²) in [5.74, 6) is 2.57. The minimum atomic E-state index is 0.606. The Morgan fingerprint density at radius 1 is 1.07 bits per heavy atom. The Balaban J connectivity index is 1.61. The van der Waals surface area contributed by atoms with Gasteiger partial charge in [0.15, 0.2) is 0 Å². The van der Waals surface area contributed by atoms with Crippen molar-refractivity contribution in [3.05, 3.63) is 89.3 Å². The van der Waals surface area contributed by atoms with Gasteiger partial charge in [-0.25, -0.2) is 0 Å². The second-order valence-electron chi connectivity index (χ2n) is 6.45. The molecule has 6 heteroatoms. The zero-order chi connectivity index (χ0) is 18.9. The molecule has 0 amide bonds. The maximum atomic E-state index is 5.92. The molecule has 1 aliphatic heterocycles. The van der Waals surface area contributed by atoms with E-state index in [1.807, 2.05) is 55.5 Å². The van der Waals surface area contributed by atoms with Crippen molar-refractivity contribution in [3.63, 3.8) is 0 Å². The van der Waals surface area contributed by atoms with Gasteiger partial charge in [0.25, 0.3) is 0 Å². The first-order chi connectivity index (χ1) is 13.8. The van der Waals surface area contributed by atoms with Crippen LogP contribution in [0.1, 0.15) is 11.5 Å². The maximum absolute atomic E-state index is 5.92. The SMILES string of the molecule is CN1C(Sc2ccccn2)=C/C(=C\c2nc3bcccc3o2)c2ccccc21. The Morgan fingerprint density at radius 3 is 2.82 bits per heavy atom. The van der Waals surface area contributed by atoms with Gasteiger partial charge >= 0.3 is 168 Å². The van der Waals surface area contributed by atoms with E-state index < -0.39 is 0 Å². The standard InChI is InChI=1S/C22H16BN3OS/c1-26-17-8-3-2-7-16(17)15(14-21(26)28-20-10-4-5-12-24-20)13-19-25-22-18(27-19)9-6-11-23-22/h2-14H,1H3/b15-13+. The number of thioether (sulfide) groups is 1. The molecule has 0 unspecified atom stereocenters. The fourth-order valence-corrected chi connectivity index (χ4v) is 4.15. The Hall–Kier alpha value is -3.12. The van der Waals surface area contributed by atoms with Crippen molar-refractivity contribution in [2.24, 2.45) is 0 Å². The van der Waals surface area contributed by atoms with Crippen LogP contribution in [0.15, 0.2) is 87.3 Å². The first kappa shape index (κ1) is 17.0. The van der Waals surface area contributed by atoms with E-state index in [9.17, 15) is 0 Å². The van der Waals surface area contributed by atoms with Crippen LogP contribution in [0.4, 0.5) is 5.69 Å². The topological polar surface area (TPSA) is 42.2 Å². The molecule has 134 valence electrons. The van der Waals surface area contributed by atoms with E-state index >= 15 is 0 Å². The second kappa shape index (κ2) is 7.13. The normalized spacial score (nSPS) is 14.8. The zero-order valence-corrected chi connectivity index (χ0v) is 16.1. The number of nitrogens with zero attached hydrogens (tertiary/aromatic N) is 3. The molecule has 1 aromatic carbocycles. The Labute approximate surface area is 167 Å². The van der Waals surface area contributed by atoms with Crippen LogP contribution in [0.25, 0.3) is 22.6 Å². The summed E-state index contributed by atoms with van der Waals surface area (Å²) in [4.78, 5) is 11.2. The third-order valence-electron chi connectivity index (χ3n) is 4.62. The van der Waals surface area contributed by atoms with Crippen LogP contribution in [-0.4, -0.2) is 23.9 Å². The summed E-state index contributed by atoms with van der Waals surface area (Å²) in [5, 5.41) is 2.06. The van der Waals surface area contributed by atoms with Crippen LogP contribution in [0.5, 0.6) is 0 Å². The molecule has 0 N–H and O–H groups in total. The number of hydrogen-bond donors (Lipinski definition) is 0. The van der Waals surface area contributed by atoms with Gasteiger partial charge in [-0.05, 0) is 0 Å². The van der Waals surface area contributed by atoms with Gasteiger partial charge in [-0.2, -0.15) is 0 Å². The van der Waals surface area contributed by atoms with E-state index in [1.165, 1.54) is 0 Å². The average Bonchev–Trinajstić information content (AvgIpc) is 3.15. The first-order valence-corrected chi connectivity index (χ1v) is 9.80. The summed E-state index contributed by atoms with van der Waals surface area (Å²) in [6.07, 6.45) is 5.98. The van der Waals surface area contributed by atoms with Crippen LogP contribution in [0, 0.1) is 0 Å².